The van der Waals surface area contributed by atoms with Gasteiger partial charge in [-0.1, -0.05) is 30.3 Å². The van der Waals surface area contributed by atoms with E-state index in [9.17, 15) is 22.8 Å². The largest absolute Gasteiger partial charge is 0.405 e. The molecule has 2 amide bonds. The topological polar surface area (TPSA) is 114 Å². The molecule has 0 spiro atoms. The first kappa shape index (κ1) is 23.2. The molecule has 1 aromatic carbocycles. The molecule has 0 saturated carbocycles. The number of nitrogens with one attached hydrogen (secondary N) is 2. The molecule has 0 unspecified atom stereocenters. The summed E-state index contributed by atoms with van der Waals surface area (Å²) in [5.74, 6) is -1.38. The number of rotatable bonds is 6. The van der Waals surface area contributed by atoms with Crippen LogP contribution in [-0.4, -0.2) is 39.1 Å². The number of fused-ring (bicyclic) bond motifs is 1. The summed E-state index contributed by atoms with van der Waals surface area (Å²) >= 11 is 1.20. The number of aromatic nitrogens is 3. The predicted octanol–water partition coefficient (Wildman–Crippen LogP) is 3.82. The second kappa shape index (κ2) is 9.14. The number of carbonyl (C=O) groups is 2. The Kier molecular flexibility index (Phi) is 6.24. The second-order valence-electron chi connectivity index (χ2n) is 7.48. The number of amides is 2. The van der Waals surface area contributed by atoms with Gasteiger partial charge in [-0.3, -0.25) is 9.59 Å². The Morgan fingerprint density at radius 2 is 1.88 bits per heavy atom. The molecule has 0 aliphatic rings. The Morgan fingerprint density at radius 1 is 1.15 bits per heavy atom. The molecule has 0 fully saturated rings. The average molecular weight is 488 g/mol. The standard InChI is InChI=1S/C22H19F3N6O2S/c1-12(13-5-3-2-4-6-13)28-20(33)17-8-15(10-34-17)14-7-16(19(32)27-11-22(23,24)25)18-29-21(26)30-31(18)9-14/h2-10,12H,11H2,1H3,(H2,26,30)(H,27,32)(H,28,33)/t12-/m0/s1. The van der Waals surface area contributed by atoms with Crippen molar-refractivity contribution in [1.29, 1.82) is 0 Å². The van der Waals surface area contributed by atoms with Gasteiger partial charge in [-0.2, -0.15) is 18.2 Å². The summed E-state index contributed by atoms with van der Waals surface area (Å²) in [6.45, 7) is 0.380. The predicted molar refractivity (Wildman–Crippen MR) is 121 cm³/mol. The number of nitrogens with zero attached hydrogens (tertiary/aromatic N) is 3. The normalized spacial score (nSPS) is 12.5. The van der Waals surface area contributed by atoms with Crippen molar-refractivity contribution < 1.29 is 22.8 Å². The molecule has 0 radical (unpaired) electrons. The maximum Gasteiger partial charge on any atom is 0.405 e. The number of anilines is 1. The van der Waals surface area contributed by atoms with Crippen LogP contribution in [0, 0.1) is 0 Å². The van der Waals surface area contributed by atoms with Gasteiger partial charge in [0.05, 0.1) is 16.5 Å². The fourth-order valence-corrected chi connectivity index (χ4v) is 4.12. The number of benzene rings is 1. The molecule has 4 N–H and O–H groups in total. The Labute approximate surface area is 195 Å². The maximum absolute atomic E-state index is 12.7. The van der Waals surface area contributed by atoms with E-state index in [0.29, 0.717) is 16.0 Å². The fraction of sp³-hybridized carbons (Fsp3) is 0.182. The molecule has 4 aromatic rings. The Hall–Kier alpha value is -3.93. The smallest absolute Gasteiger partial charge is 0.366 e. The highest BCUT2D eigenvalue weighted by Crippen LogP contribution is 2.28. The molecule has 8 nitrogen and oxygen atoms in total. The zero-order valence-electron chi connectivity index (χ0n) is 17.8. The minimum absolute atomic E-state index is 0.0193. The Balaban J connectivity index is 1.60. The van der Waals surface area contributed by atoms with Gasteiger partial charge >= 0.3 is 6.18 Å². The molecule has 0 bridgehead atoms. The lowest BCUT2D eigenvalue weighted by Crippen LogP contribution is -2.34. The molecule has 4 rings (SSSR count). The summed E-state index contributed by atoms with van der Waals surface area (Å²) in [7, 11) is 0. The molecule has 176 valence electrons. The van der Waals surface area contributed by atoms with Crippen molar-refractivity contribution in [2.24, 2.45) is 0 Å². The number of hydrogen-bond acceptors (Lipinski definition) is 6. The minimum Gasteiger partial charge on any atom is -0.366 e. The third-order valence-electron chi connectivity index (χ3n) is 4.95. The van der Waals surface area contributed by atoms with Crippen LogP contribution in [0.3, 0.4) is 0 Å². The van der Waals surface area contributed by atoms with E-state index in [1.807, 2.05) is 42.6 Å². The molecule has 34 heavy (non-hydrogen) atoms. The molecule has 0 aliphatic carbocycles. The van der Waals surface area contributed by atoms with E-state index < -0.39 is 18.6 Å². The van der Waals surface area contributed by atoms with Crippen molar-refractivity contribution in [2.45, 2.75) is 19.1 Å². The van der Waals surface area contributed by atoms with Crippen molar-refractivity contribution in [2.75, 3.05) is 12.3 Å². The number of thiophene rings is 1. The lowest BCUT2D eigenvalue weighted by atomic mass is 10.1. The van der Waals surface area contributed by atoms with Crippen LogP contribution in [-0.2, 0) is 0 Å². The van der Waals surface area contributed by atoms with Gasteiger partial charge in [0.15, 0.2) is 5.65 Å². The zero-order chi connectivity index (χ0) is 24.5. The summed E-state index contributed by atoms with van der Waals surface area (Å²) in [6, 6.07) is 12.3. The summed E-state index contributed by atoms with van der Waals surface area (Å²) < 4.78 is 38.9. The fourth-order valence-electron chi connectivity index (χ4n) is 3.30. The van der Waals surface area contributed by atoms with Crippen LogP contribution in [0.2, 0.25) is 0 Å². The highest BCUT2D eigenvalue weighted by molar-refractivity contribution is 7.12. The van der Waals surface area contributed by atoms with Crippen molar-refractivity contribution in [3.63, 3.8) is 0 Å². The number of alkyl halides is 3. The quantitative estimate of drug-likeness (QED) is 0.382. The number of halogens is 3. The van der Waals surface area contributed by atoms with Crippen LogP contribution in [0.15, 0.2) is 54.0 Å². The first-order valence-corrected chi connectivity index (χ1v) is 10.9. The monoisotopic (exact) mass is 488 g/mol. The third-order valence-corrected chi connectivity index (χ3v) is 5.88. The van der Waals surface area contributed by atoms with Gasteiger partial charge in [-0.25, -0.2) is 4.52 Å². The van der Waals surface area contributed by atoms with Crippen LogP contribution >= 0.6 is 11.3 Å². The van der Waals surface area contributed by atoms with Crippen molar-refractivity contribution >= 4 is 34.7 Å². The Bertz CT molecular complexity index is 1350. The van der Waals surface area contributed by atoms with E-state index in [0.717, 1.165) is 5.56 Å². The lowest BCUT2D eigenvalue weighted by molar-refractivity contribution is -0.123. The molecule has 3 heterocycles. The van der Waals surface area contributed by atoms with E-state index >= 15 is 0 Å². The van der Waals surface area contributed by atoms with Gasteiger partial charge in [-0.05, 0) is 35.6 Å². The van der Waals surface area contributed by atoms with Gasteiger partial charge in [0.1, 0.15) is 6.54 Å². The van der Waals surface area contributed by atoms with Crippen molar-refractivity contribution in [3.05, 3.63) is 70.0 Å². The van der Waals surface area contributed by atoms with Gasteiger partial charge < -0.3 is 16.4 Å². The number of nitrogen functional groups attached to an aromatic ring is 1. The molecule has 1 atom stereocenters. The van der Waals surface area contributed by atoms with Gasteiger partial charge in [0, 0.05) is 11.8 Å². The van der Waals surface area contributed by atoms with Crippen molar-refractivity contribution in [3.8, 4) is 11.1 Å². The second-order valence-corrected chi connectivity index (χ2v) is 8.40. The molecule has 0 aliphatic heterocycles. The van der Waals surface area contributed by atoms with E-state index in [-0.39, 0.29) is 29.1 Å². The third kappa shape index (κ3) is 5.17. The lowest BCUT2D eigenvalue weighted by Gasteiger charge is -2.13. The summed E-state index contributed by atoms with van der Waals surface area (Å²) in [5, 5.41) is 10.4. The number of pyridine rings is 1. The number of nitrogens with two attached hydrogens (primary N) is 1. The van der Waals surface area contributed by atoms with Crippen LogP contribution in [0.25, 0.3) is 16.8 Å². The number of hydrogen-bond donors (Lipinski definition) is 3. The first-order chi connectivity index (χ1) is 16.1. The molecular formula is C22H19F3N6O2S. The highest BCUT2D eigenvalue weighted by atomic mass is 32.1. The van der Waals surface area contributed by atoms with Gasteiger partial charge in [-0.15, -0.1) is 16.4 Å². The SMILES string of the molecule is C[C@H](NC(=O)c1cc(-c2cc(C(=O)NCC(F)(F)F)c3nc(N)nn3c2)cs1)c1ccccc1. The molecule has 12 heteroatoms. The van der Waals surface area contributed by atoms with E-state index in [2.05, 4.69) is 15.4 Å². The van der Waals surface area contributed by atoms with Crippen LogP contribution in [0.1, 0.15) is 38.6 Å². The zero-order valence-corrected chi connectivity index (χ0v) is 18.6. The average Bonchev–Trinajstić information content (AvgIpc) is 3.43. The number of carbonyl (C=O) groups excluding carboxylic acids is 2. The molecule has 3 aromatic heterocycles. The Morgan fingerprint density at radius 3 is 2.59 bits per heavy atom. The van der Waals surface area contributed by atoms with Crippen molar-refractivity contribution in [1.82, 2.24) is 25.2 Å². The van der Waals surface area contributed by atoms with Crippen LogP contribution < -0.4 is 16.4 Å². The summed E-state index contributed by atoms with van der Waals surface area (Å²) in [5.41, 5.74) is 7.52. The molecule has 0 saturated heterocycles. The van der Waals surface area contributed by atoms with Gasteiger partial charge in [0.25, 0.3) is 11.8 Å². The summed E-state index contributed by atoms with van der Waals surface area (Å²) in [6.07, 6.45) is -3.03. The maximum atomic E-state index is 12.7. The first-order valence-electron chi connectivity index (χ1n) is 10.1. The summed E-state index contributed by atoms with van der Waals surface area (Å²) in [4.78, 5) is 29.6. The highest BCUT2D eigenvalue weighted by Gasteiger charge is 2.29. The van der Waals surface area contributed by atoms with E-state index in [1.165, 1.54) is 28.1 Å². The van der Waals surface area contributed by atoms with E-state index in [4.69, 9.17) is 5.73 Å². The van der Waals surface area contributed by atoms with Crippen LogP contribution in [0.4, 0.5) is 19.1 Å². The minimum atomic E-state index is -4.57. The van der Waals surface area contributed by atoms with E-state index in [1.54, 1.807) is 11.4 Å². The van der Waals surface area contributed by atoms with Gasteiger partial charge in [0.2, 0.25) is 5.95 Å². The molecular weight excluding hydrogens is 469 g/mol. The van der Waals surface area contributed by atoms with Crippen LogP contribution in [0.5, 0.6) is 0 Å².